The number of nitrogen functional groups attached to an aromatic ring is 1. The van der Waals surface area contributed by atoms with Gasteiger partial charge in [-0.25, -0.2) is 14.4 Å². The van der Waals surface area contributed by atoms with Crippen LogP contribution in [0, 0.1) is 12.7 Å². The Hall–Kier alpha value is -2.37. The average Bonchev–Trinajstić information content (AvgIpc) is 2.68. The first kappa shape index (κ1) is 12.7. The van der Waals surface area contributed by atoms with Gasteiger partial charge in [-0.15, -0.1) is 0 Å². The van der Waals surface area contributed by atoms with E-state index in [9.17, 15) is 4.39 Å². The van der Waals surface area contributed by atoms with Gasteiger partial charge in [0.1, 0.15) is 0 Å². The van der Waals surface area contributed by atoms with Gasteiger partial charge in [-0.1, -0.05) is 0 Å². The third kappa shape index (κ3) is 2.24. The van der Waals surface area contributed by atoms with Gasteiger partial charge in [0.2, 0.25) is 0 Å². The predicted octanol–water partition coefficient (Wildman–Crippen LogP) is 2.33. The molecular weight excluding hydrogens is 261 g/mol. The molecule has 0 bridgehead atoms. The normalized spacial score (nSPS) is 13.9. The van der Waals surface area contributed by atoms with E-state index in [0.29, 0.717) is 36.1 Å². The number of hydrogen-bond donors (Lipinski definition) is 1. The summed E-state index contributed by atoms with van der Waals surface area (Å²) in [7, 11) is 0. The van der Waals surface area contributed by atoms with Gasteiger partial charge in [-0.05, 0) is 25.1 Å². The van der Waals surface area contributed by atoms with Gasteiger partial charge in [-0.2, -0.15) is 0 Å². The Balaban J connectivity index is 2.04. The molecule has 0 saturated heterocycles. The van der Waals surface area contributed by atoms with E-state index in [4.69, 9.17) is 15.2 Å². The van der Waals surface area contributed by atoms with E-state index < -0.39 is 5.82 Å². The van der Waals surface area contributed by atoms with E-state index in [1.54, 1.807) is 25.1 Å². The molecular formula is C14H14FN3O2. The molecule has 104 valence electrons. The molecule has 0 aliphatic carbocycles. The van der Waals surface area contributed by atoms with Crippen LogP contribution < -0.4 is 15.2 Å². The third-order valence-corrected chi connectivity index (χ3v) is 3.05. The van der Waals surface area contributed by atoms with Crippen molar-refractivity contribution >= 4 is 5.82 Å². The fraction of sp³-hybridized carbons (Fsp3) is 0.286. The Labute approximate surface area is 115 Å². The summed E-state index contributed by atoms with van der Waals surface area (Å²) in [6, 6.07) is 5.39. The van der Waals surface area contributed by atoms with Gasteiger partial charge in [0.25, 0.3) is 0 Å². The van der Waals surface area contributed by atoms with E-state index >= 15 is 0 Å². The van der Waals surface area contributed by atoms with Crippen LogP contribution in [-0.4, -0.2) is 23.2 Å². The van der Waals surface area contributed by atoms with Crippen molar-refractivity contribution in [1.29, 1.82) is 0 Å². The SMILES string of the molecule is Cc1nc(-c2ccc3c(c2)OCCCO3)nc(N)c1F. The highest BCUT2D eigenvalue weighted by Crippen LogP contribution is 2.33. The van der Waals surface area contributed by atoms with Crippen LogP contribution in [0.2, 0.25) is 0 Å². The molecule has 0 amide bonds. The smallest absolute Gasteiger partial charge is 0.186 e. The highest BCUT2D eigenvalue weighted by atomic mass is 19.1. The number of benzene rings is 1. The maximum Gasteiger partial charge on any atom is 0.186 e. The molecule has 2 N–H and O–H groups in total. The van der Waals surface area contributed by atoms with Crippen molar-refractivity contribution in [2.75, 3.05) is 18.9 Å². The van der Waals surface area contributed by atoms with Crippen molar-refractivity contribution in [1.82, 2.24) is 9.97 Å². The molecule has 3 rings (SSSR count). The minimum Gasteiger partial charge on any atom is -0.490 e. The van der Waals surface area contributed by atoms with E-state index in [0.717, 1.165) is 6.42 Å². The lowest BCUT2D eigenvalue weighted by Crippen LogP contribution is -2.03. The second-order valence-electron chi connectivity index (χ2n) is 4.54. The summed E-state index contributed by atoms with van der Waals surface area (Å²) in [5.41, 5.74) is 6.47. The number of hydrogen-bond acceptors (Lipinski definition) is 5. The number of aromatic nitrogens is 2. The zero-order valence-electron chi connectivity index (χ0n) is 11.0. The summed E-state index contributed by atoms with van der Waals surface area (Å²) in [4.78, 5) is 8.09. The van der Waals surface area contributed by atoms with Crippen molar-refractivity contribution in [3.8, 4) is 22.9 Å². The van der Waals surface area contributed by atoms with Gasteiger partial charge < -0.3 is 15.2 Å². The Morgan fingerprint density at radius 2 is 1.90 bits per heavy atom. The minimum absolute atomic E-state index is 0.153. The molecule has 20 heavy (non-hydrogen) atoms. The van der Waals surface area contributed by atoms with Crippen LogP contribution in [0.3, 0.4) is 0 Å². The fourth-order valence-electron chi connectivity index (χ4n) is 2.01. The van der Waals surface area contributed by atoms with Crippen molar-refractivity contribution in [2.24, 2.45) is 0 Å². The monoisotopic (exact) mass is 275 g/mol. The van der Waals surface area contributed by atoms with Gasteiger partial charge in [0.15, 0.2) is 29.0 Å². The molecule has 0 radical (unpaired) electrons. The summed E-state index contributed by atoms with van der Waals surface area (Å²) in [5.74, 6) is 0.974. The summed E-state index contributed by atoms with van der Waals surface area (Å²) in [6.45, 7) is 2.78. The van der Waals surface area contributed by atoms with E-state index in [1.807, 2.05) is 0 Å². The van der Waals surface area contributed by atoms with Crippen molar-refractivity contribution in [3.63, 3.8) is 0 Å². The molecule has 2 heterocycles. The van der Waals surface area contributed by atoms with Gasteiger partial charge in [0, 0.05) is 12.0 Å². The van der Waals surface area contributed by atoms with E-state index in [2.05, 4.69) is 9.97 Å². The van der Waals surface area contributed by atoms with Crippen LogP contribution in [0.1, 0.15) is 12.1 Å². The summed E-state index contributed by atoms with van der Waals surface area (Å²) < 4.78 is 24.6. The molecule has 6 heteroatoms. The molecule has 1 aromatic heterocycles. The highest BCUT2D eigenvalue weighted by Gasteiger charge is 2.14. The topological polar surface area (TPSA) is 70.3 Å². The first-order valence-electron chi connectivity index (χ1n) is 6.35. The molecule has 0 saturated carbocycles. The lowest BCUT2D eigenvalue weighted by Gasteiger charge is -2.09. The predicted molar refractivity (Wildman–Crippen MR) is 72.2 cm³/mol. The van der Waals surface area contributed by atoms with Crippen LogP contribution in [0.5, 0.6) is 11.5 Å². The Morgan fingerprint density at radius 1 is 1.15 bits per heavy atom. The molecule has 1 aliphatic rings. The van der Waals surface area contributed by atoms with E-state index in [1.165, 1.54) is 0 Å². The zero-order valence-corrected chi connectivity index (χ0v) is 11.0. The second-order valence-corrected chi connectivity index (χ2v) is 4.54. The van der Waals surface area contributed by atoms with Gasteiger partial charge in [-0.3, -0.25) is 0 Å². The number of nitrogens with zero attached hydrogens (tertiary/aromatic N) is 2. The molecule has 2 aromatic rings. The maximum atomic E-state index is 13.5. The number of halogens is 1. The number of nitrogens with two attached hydrogens (primary N) is 1. The fourth-order valence-corrected chi connectivity index (χ4v) is 2.01. The molecule has 0 fully saturated rings. The van der Waals surface area contributed by atoms with Crippen LogP contribution in [0.4, 0.5) is 10.2 Å². The van der Waals surface area contributed by atoms with Crippen molar-refractivity contribution < 1.29 is 13.9 Å². The number of anilines is 1. The standard InChI is InChI=1S/C14H14FN3O2/c1-8-12(15)13(16)18-14(17-8)9-3-4-10-11(7-9)20-6-2-5-19-10/h3-4,7H,2,5-6H2,1H3,(H2,16,17,18). The number of ether oxygens (including phenoxy) is 2. The van der Waals surface area contributed by atoms with Crippen LogP contribution >= 0.6 is 0 Å². The Kier molecular flexibility index (Phi) is 3.14. The lowest BCUT2D eigenvalue weighted by atomic mass is 10.2. The molecule has 1 aromatic carbocycles. The van der Waals surface area contributed by atoms with Gasteiger partial charge in [0.05, 0.1) is 18.9 Å². The summed E-state index contributed by atoms with van der Waals surface area (Å²) in [6.07, 6.45) is 0.836. The first-order chi connectivity index (χ1) is 9.65. The number of rotatable bonds is 1. The third-order valence-electron chi connectivity index (χ3n) is 3.05. The van der Waals surface area contributed by atoms with E-state index in [-0.39, 0.29) is 11.5 Å². The molecule has 1 aliphatic heterocycles. The molecule has 0 atom stereocenters. The van der Waals surface area contributed by atoms with Crippen LogP contribution in [0.25, 0.3) is 11.4 Å². The average molecular weight is 275 g/mol. The maximum absolute atomic E-state index is 13.5. The zero-order chi connectivity index (χ0) is 14.1. The van der Waals surface area contributed by atoms with Crippen molar-refractivity contribution in [3.05, 3.63) is 29.7 Å². The lowest BCUT2D eigenvalue weighted by molar-refractivity contribution is 0.297. The Morgan fingerprint density at radius 3 is 2.65 bits per heavy atom. The van der Waals surface area contributed by atoms with Crippen molar-refractivity contribution in [2.45, 2.75) is 13.3 Å². The quantitative estimate of drug-likeness (QED) is 0.865. The van der Waals surface area contributed by atoms with Crippen LogP contribution in [-0.2, 0) is 0 Å². The molecule has 0 unspecified atom stereocenters. The van der Waals surface area contributed by atoms with Crippen LogP contribution in [0.15, 0.2) is 18.2 Å². The highest BCUT2D eigenvalue weighted by molar-refractivity contribution is 5.62. The van der Waals surface area contributed by atoms with Gasteiger partial charge >= 0.3 is 0 Å². The molecule has 0 spiro atoms. The minimum atomic E-state index is -0.580. The second kappa shape index (κ2) is 4.96. The molecule has 5 nitrogen and oxygen atoms in total. The first-order valence-corrected chi connectivity index (χ1v) is 6.35. The summed E-state index contributed by atoms with van der Waals surface area (Å²) in [5, 5.41) is 0. The number of fused-ring (bicyclic) bond motifs is 1. The Bertz CT molecular complexity index is 638. The number of aryl methyl sites for hydroxylation is 1. The largest absolute Gasteiger partial charge is 0.490 e. The summed E-state index contributed by atoms with van der Waals surface area (Å²) >= 11 is 0.